The predicted octanol–water partition coefficient (Wildman–Crippen LogP) is 22.3. The maximum Gasteiger partial charge on any atom is 0.472 e. The van der Waals surface area contributed by atoms with Crippen molar-refractivity contribution < 1.29 is 80.2 Å². The summed E-state index contributed by atoms with van der Waals surface area (Å²) in [6.45, 7) is 4.64. The van der Waals surface area contributed by atoms with Crippen LogP contribution in [0.1, 0.15) is 310 Å². The van der Waals surface area contributed by atoms with E-state index in [1.54, 1.807) is 0 Å². The molecule has 0 spiro atoms. The molecule has 0 aliphatic heterocycles. The lowest BCUT2D eigenvalue weighted by Gasteiger charge is -2.21. The zero-order valence-electron chi connectivity index (χ0n) is 62.6. The molecule has 0 aromatic rings. The molecule has 4 atom stereocenters. The molecule has 0 aromatic carbocycles. The molecule has 0 fully saturated rings. The molecule has 0 saturated heterocycles. The summed E-state index contributed by atoms with van der Waals surface area (Å²) in [5.41, 5.74) is 0. The Labute approximate surface area is 606 Å². The third-order valence-corrected chi connectivity index (χ3v) is 17.8. The van der Waals surface area contributed by atoms with E-state index >= 15 is 0 Å². The molecule has 100 heavy (non-hydrogen) atoms. The Hall–Kier alpha value is -4.54. The van der Waals surface area contributed by atoms with Crippen LogP contribution in [0.5, 0.6) is 0 Å². The van der Waals surface area contributed by atoms with Crippen LogP contribution >= 0.6 is 15.6 Å². The highest BCUT2D eigenvalue weighted by molar-refractivity contribution is 7.47. The highest BCUT2D eigenvalue weighted by Crippen LogP contribution is 2.45. The second kappa shape index (κ2) is 72.8. The minimum Gasteiger partial charge on any atom is -0.462 e. The largest absolute Gasteiger partial charge is 0.472 e. The van der Waals surface area contributed by atoms with Crippen molar-refractivity contribution in [2.45, 2.75) is 329 Å². The van der Waals surface area contributed by atoms with Crippen LogP contribution in [-0.2, 0) is 65.4 Å². The Morgan fingerprint density at radius 2 is 0.500 bits per heavy atom. The second-order valence-corrected chi connectivity index (χ2v) is 28.5. The van der Waals surface area contributed by atoms with Gasteiger partial charge in [0.25, 0.3) is 0 Å². The van der Waals surface area contributed by atoms with Gasteiger partial charge in [-0.05, 0) is 154 Å². The molecule has 3 N–H and O–H groups in total. The summed E-state index contributed by atoms with van der Waals surface area (Å²) in [6.07, 6.45) is 79.2. The van der Waals surface area contributed by atoms with E-state index < -0.39 is 97.5 Å². The zero-order valence-corrected chi connectivity index (χ0v) is 64.4. The van der Waals surface area contributed by atoms with Crippen LogP contribution in [0, 0.1) is 0 Å². The Morgan fingerprint density at radius 3 is 0.810 bits per heavy atom. The summed E-state index contributed by atoms with van der Waals surface area (Å²) >= 11 is 0. The van der Waals surface area contributed by atoms with Crippen molar-refractivity contribution in [3.05, 3.63) is 122 Å². The van der Waals surface area contributed by atoms with Crippen LogP contribution in [0.25, 0.3) is 0 Å². The number of ether oxygens (including phenoxy) is 4. The number of aliphatic hydroxyl groups is 1. The fourth-order valence-electron chi connectivity index (χ4n) is 9.90. The first-order valence-electron chi connectivity index (χ1n) is 38.8. The van der Waals surface area contributed by atoms with Crippen LogP contribution in [-0.4, -0.2) is 96.7 Å². The van der Waals surface area contributed by atoms with Crippen molar-refractivity contribution in [2.75, 3.05) is 39.6 Å². The number of hydrogen-bond donors (Lipinski definition) is 3. The van der Waals surface area contributed by atoms with Crippen LogP contribution in [0.2, 0.25) is 0 Å². The number of carbonyl (C=O) groups excluding carboxylic acids is 4. The highest BCUT2D eigenvalue weighted by Gasteiger charge is 2.30. The van der Waals surface area contributed by atoms with Gasteiger partial charge in [0.2, 0.25) is 0 Å². The van der Waals surface area contributed by atoms with Gasteiger partial charge in [0.05, 0.1) is 26.4 Å². The van der Waals surface area contributed by atoms with Gasteiger partial charge < -0.3 is 33.8 Å². The molecule has 0 rings (SSSR count). The average molecular weight is 1450 g/mol. The molecule has 0 aromatic heterocycles. The zero-order chi connectivity index (χ0) is 73.2. The lowest BCUT2D eigenvalue weighted by Crippen LogP contribution is -2.30. The summed E-state index contributed by atoms with van der Waals surface area (Å²) in [4.78, 5) is 72.8. The fourth-order valence-corrected chi connectivity index (χ4v) is 11.5. The van der Waals surface area contributed by atoms with Crippen molar-refractivity contribution in [1.29, 1.82) is 0 Å². The van der Waals surface area contributed by atoms with Gasteiger partial charge in [-0.2, -0.15) is 0 Å². The van der Waals surface area contributed by atoms with Gasteiger partial charge in [0.1, 0.15) is 19.3 Å². The van der Waals surface area contributed by atoms with Crippen LogP contribution in [0.15, 0.2) is 122 Å². The van der Waals surface area contributed by atoms with Crippen molar-refractivity contribution in [3.63, 3.8) is 0 Å². The molecule has 0 radical (unpaired) electrons. The van der Waals surface area contributed by atoms with E-state index in [9.17, 15) is 43.2 Å². The monoisotopic (exact) mass is 1440 g/mol. The highest BCUT2D eigenvalue weighted by atomic mass is 31.2. The molecular weight excluding hydrogens is 1310 g/mol. The lowest BCUT2D eigenvalue weighted by atomic mass is 10.1. The van der Waals surface area contributed by atoms with Gasteiger partial charge in [-0.3, -0.25) is 37.3 Å². The summed E-state index contributed by atoms with van der Waals surface area (Å²) in [6, 6.07) is 0. The molecule has 2 unspecified atom stereocenters. The van der Waals surface area contributed by atoms with Crippen LogP contribution in [0.4, 0.5) is 0 Å². The van der Waals surface area contributed by atoms with E-state index in [4.69, 9.17) is 37.0 Å². The molecule has 19 heteroatoms. The Bertz CT molecular complexity index is 2210. The summed E-state index contributed by atoms with van der Waals surface area (Å²) in [5, 5.41) is 10.6. The first kappa shape index (κ1) is 95.5. The maximum atomic E-state index is 13.1. The first-order chi connectivity index (χ1) is 48.7. The quantitative estimate of drug-likeness (QED) is 0.0169. The third kappa shape index (κ3) is 71.8. The molecule has 0 aliphatic rings. The fraction of sp³-hybridized carbons (Fsp3) is 0.704. The minimum atomic E-state index is -5.00. The number of rotatable bonds is 72. The molecule has 17 nitrogen and oxygen atoms in total. The van der Waals surface area contributed by atoms with E-state index in [0.29, 0.717) is 38.5 Å². The van der Waals surface area contributed by atoms with E-state index in [1.807, 2.05) is 24.3 Å². The van der Waals surface area contributed by atoms with Crippen LogP contribution in [0.3, 0.4) is 0 Å². The number of aliphatic hydroxyl groups excluding tert-OH is 1. The van der Waals surface area contributed by atoms with Gasteiger partial charge in [-0.1, -0.05) is 252 Å². The van der Waals surface area contributed by atoms with E-state index in [-0.39, 0.29) is 25.7 Å². The number of esters is 4. The summed E-state index contributed by atoms with van der Waals surface area (Å²) < 4.78 is 68.4. The van der Waals surface area contributed by atoms with E-state index in [2.05, 4.69) is 125 Å². The van der Waals surface area contributed by atoms with E-state index in [0.717, 1.165) is 128 Å². The Kier molecular flexibility index (Phi) is 69.5. The first-order valence-corrected chi connectivity index (χ1v) is 41.8. The smallest absolute Gasteiger partial charge is 0.462 e. The summed E-state index contributed by atoms with van der Waals surface area (Å²) in [7, 11) is -9.99. The molecular formula is C81H138O17P2. The average Bonchev–Trinajstić information content (AvgIpc) is 0.959. The summed E-state index contributed by atoms with van der Waals surface area (Å²) in [5.74, 6) is -2.32. The van der Waals surface area contributed by atoms with Crippen molar-refractivity contribution in [1.82, 2.24) is 0 Å². The molecule has 0 bridgehead atoms. The molecule has 0 aliphatic carbocycles. The van der Waals surface area contributed by atoms with Gasteiger partial charge in [0, 0.05) is 25.7 Å². The number of phosphoric ester groups is 2. The van der Waals surface area contributed by atoms with Crippen molar-refractivity contribution in [2.24, 2.45) is 0 Å². The Balaban J connectivity index is 5.47. The number of allylic oxidation sites excluding steroid dienone is 20. The van der Waals surface area contributed by atoms with Gasteiger partial charge >= 0.3 is 39.5 Å². The van der Waals surface area contributed by atoms with Gasteiger partial charge in [0.15, 0.2) is 12.2 Å². The normalized spacial score (nSPS) is 14.6. The lowest BCUT2D eigenvalue weighted by molar-refractivity contribution is -0.161. The molecule has 0 saturated carbocycles. The second-order valence-electron chi connectivity index (χ2n) is 25.6. The van der Waals surface area contributed by atoms with Gasteiger partial charge in [-0.25, -0.2) is 9.13 Å². The number of hydrogen-bond acceptors (Lipinski definition) is 15. The minimum absolute atomic E-state index is 0.0143. The topological polar surface area (TPSA) is 237 Å². The number of carbonyl (C=O) groups is 4. The van der Waals surface area contributed by atoms with Crippen LogP contribution < -0.4 is 0 Å². The number of unbranched alkanes of at least 4 members (excludes halogenated alkanes) is 26. The van der Waals surface area contributed by atoms with Crippen molar-refractivity contribution >= 4 is 39.5 Å². The predicted molar refractivity (Wildman–Crippen MR) is 408 cm³/mol. The number of phosphoric acid groups is 2. The SMILES string of the molecule is CCCCC/C=C\C/C=C\C/C=C\C/C=C\CCCC(=O)O[C@H](COC(=O)CCCCCCC/C=C\CCCCCC)COP(=O)(O)OCC(O)COP(=O)(O)OC[C@@H](COC(=O)CCCCCCC/C=C\CCCCCC)OC(=O)CCC/C=C\C/C=C\C/C=C\C/C=C\CCCCC. The van der Waals surface area contributed by atoms with Gasteiger partial charge in [-0.15, -0.1) is 0 Å². The molecule has 574 valence electrons. The maximum absolute atomic E-state index is 13.1. The van der Waals surface area contributed by atoms with Crippen molar-refractivity contribution in [3.8, 4) is 0 Å². The standard InChI is InChI=1S/C81H138O17P2/c1-5-9-13-17-21-25-29-33-35-37-39-43-47-51-55-59-63-67-80(85)97-76(71-91-78(83)65-61-57-53-49-45-41-31-27-23-19-15-11-7-3)73-95-99(87,88)93-69-75(82)70-94-100(89,90)96-74-77(72-92-79(84)66-62-58-54-50-46-42-32-28-24-20-16-12-8-4)98-81(86)68-64-60-56-52-48-44-40-38-36-34-30-26-22-18-14-10-6-2/h21-22,25-28,31-36,39-40,43-44,51-52,55-56,75-77,82H,5-20,23-24,29-30,37-38,41-42,45-50,53-54,57-74H2,1-4H3,(H,87,88)(H,89,90)/b25-21-,26-22-,31-27-,32-28-,35-33-,36-34-,43-39-,44-40-,55-51-,56-52-/t76-,77-/m1/s1. The third-order valence-electron chi connectivity index (χ3n) is 15.9. The van der Waals surface area contributed by atoms with E-state index in [1.165, 1.54) is 89.9 Å². The Morgan fingerprint density at radius 1 is 0.280 bits per heavy atom. The molecule has 0 amide bonds. The molecule has 0 heterocycles.